The summed E-state index contributed by atoms with van der Waals surface area (Å²) in [5, 5.41) is 8.46. The normalized spacial score (nSPS) is 17.7. The van der Waals surface area contributed by atoms with Crippen LogP contribution in [-0.2, 0) is 4.79 Å². The lowest BCUT2D eigenvalue weighted by Crippen LogP contribution is -2.24. The van der Waals surface area contributed by atoms with Gasteiger partial charge in [0.1, 0.15) is 0 Å². The van der Waals surface area contributed by atoms with Crippen LogP contribution in [0.2, 0.25) is 0 Å². The van der Waals surface area contributed by atoms with E-state index in [0.29, 0.717) is 6.42 Å². The van der Waals surface area contributed by atoms with Crippen LogP contribution in [0.15, 0.2) is 4.99 Å². The smallest absolute Gasteiger partial charge is 0.376 e. The van der Waals surface area contributed by atoms with E-state index in [-0.39, 0.29) is 5.71 Å². The Morgan fingerprint density at radius 3 is 3.00 bits per heavy atom. The molecule has 0 radical (unpaired) electrons. The topological polar surface area (TPSA) is 52.7 Å². The Labute approximate surface area is 58.5 Å². The molecule has 1 aliphatic heterocycles. The van der Waals surface area contributed by atoms with Crippen molar-refractivity contribution >= 4 is 18.0 Å². The third kappa shape index (κ3) is 1.40. The molecule has 0 fully saturated rings. The first-order valence-corrected chi connectivity index (χ1v) is 3.03. The molecule has 54 valence electrons. The minimum Gasteiger partial charge on any atom is -0.475 e. The third-order valence-electron chi connectivity index (χ3n) is 1.36. The first-order valence-electron chi connectivity index (χ1n) is 3.03. The molecule has 0 bridgehead atoms. The van der Waals surface area contributed by atoms with Crippen molar-refractivity contribution in [2.24, 2.45) is 4.99 Å². The van der Waals surface area contributed by atoms with Crippen molar-refractivity contribution in [1.29, 1.82) is 0 Å². The molecule has 1 N–H and O–H groups in total. The molecule has 0 saturated carbocycles. The maximum atomic E-state index is 10.3. The highest BCUT2D eigenvalue weighted by Gasteiger charge is 2.18. The molecule has 0 amide bonds. The van der Waals surface area contributed by atoms with Gasteiger partial charge in [-0.2, -0.15) is 0 Å². The van der Waals surface area contributed by atoms with E-state index in [9.17, 15) is 4.79 Å². The molecule has 1 rings (SSSR count). The average Bonchev–Trinajstić information content (AvgIpc) is 1.88. The van der Waals surface area contributed by atoms with Gasteiger partial charge < -0.3 is 5.11 Å². The summed E-state index contributed by atoms with van der Waals surface area (Å²) in [5.74, 6) is -0.913. The van der Waals surface area contributed by atoms with Gasteiger partial charge in [-0.3, -0.25) is 4.58 Å². The number of hydrogen-bond donors (Lipinski definition) is 1. The van der Waals surface area contributed by atoms with Crippen LogP contribution in [0.4, 0.5) is 0 Å². The van der Waals surface area contributed by atoms with E-state index in [1.165, 1.54) is 6.34 Å². The van der Waals surface area contributed by atoms with Gasteiger partial charge in [-0.15, -0.1) is 0 Å². The van der Waals surface area contributed by atoms with Crippen LogP contribution in [0.25, 0.3) is 0 Å². The van der Waals surface area contributed by atoms with Crippen LogP contribution in [0, 0.1) is 0 Å². The number of rotatable bonds is 1. The first-order chi connectivity index (χ1) is 4.70. The summed E-state index contributed by atoms with van der Waals surface area (Å²) in [6, 6.07) is 0. The summed E-state index contributed by atoms with van der Waals surface area (Å²) in [4.78, 5) is 14.0. The maximum Gasteiger partial charge on any atom is 0.376 e. The van der Waals surface area contributed by atoms with E-state index in [1.54, 1.807) is 0 Å². The molecular formula is C6H9N2O2+. The van der Waals surface area contributed by atoms with Crippen molar-refractivity contribution in [2.75, 3.05) is 13.6 Å². The van der Waals surface area contributed by atoms with Crippen LogP contribution in [0.5, 0.6) is 0 Å². The lowest BCUT2D eigenvalue weighted by molar-refractivity contribution is -0.492. The Balaban J connectivity index is 2.74. The summed E-state index contributed by atoms with van der Waals surface area (Å²) >= 11 is 0. The largest absolute Gasteiger partial charge is 0.475 e. The second-order valence-corrected chi connectivity index (χ2v) is 2.23. The van der Waals surface area contributed by atoms with Gasteiger partial charge in [0.05, 0.1) is 20.0 Å². The monoisotopic (exact) mass is 141 g/mol. The number of hydrogen-bond acceptors (Lipinski definition) is 2. The Hall–Kier alpha value is -1.19. The van der Waals surface area contributed by atoms with Crippen LogP contribution in [0.1, 0.15) is 6.42 Å². The number of aliphatic imine (C=N–C) groups is 1. The van der Waals surface area contributed by atoms with Crippen LogP contribution in [-0.4, -0.2) is 41.3 Å². The minimum absolute atomic E-state index is 0.248. The summed E-state index contributed by atoms with van der Waals surface area (Å²) < 4.78 is 1.85. The van der Waals surface area contributed by atoms with Crippen molar-refractivity contribution in [3.63, 3.8) is 0 Å². The predicted molar refractivity (Wildman–Crippen MR) is 36.8 cm³/mol. The second kappa shape index (κ2) is 2.60. The average molecular weight is 141 g/mol. The molecule has 1 heterocycles. The fourth-order valence-electron chi connectivity index (χ4n) is 0.735. The standard InChI is InChI=1S/C6H8N2O2/c1-8-3-2-5(6(9)10)7-4-8/h4H,2-3H2,1H3/p+1. The Kier molecular flexibility index (Phi) is 1.80. The minimum atomic E-state index is -0.913. The van der Waals surface area contributed by atoms with E-state index in [2.05, 4.69) is 4.99 Å². The van der Waals surface area contributed by atoms with Crippen LogP contribution in [0.3, 0.4) is 0 Å². The van der Waals surface area contributed by atoms with Crippen molar-refractivity contribution in [2.45, 2.75) is 6.42 Å². The Morgan fingerprint density at radius 2 is 2.60 bits per heavy atom. The van der Waals surface area contributed by atoms with Crippen molar-refractivity contribution in [1.82, 2.24) is 0 Å². The fraction of sp³-hybridized carbons (Fsp3) is 0.500. The molecule has 4 nitrogen and oxygen atoms in total. The van der Waals surface area contributed by atoms with Gasteiger partial charge in [-0.1, -0.05) is 0 Å². The quantitative estimate of drug-likeness (QED) is 0.504. The zero-order valence-corrected chi connectivity index (χ0v) is 5.74. The highest BCUT2D eigenvalue weighted by molar-refractivity contribution is 6.36. The summed E-state index contributed by atoms with van der Waals surface area (Å²) in [6.07, 6.45) is 2.06. The van der Waals surface area contributed by atoms with E-state index in [4.69, 9.17) is 5.11 Å². The predicted octanol–water partition coefficient (Wildman–Crippen LogP) is -0.414. The molecule has 0 aromatic carbocycles. The van der Waals surface area contributed by atoms with E-state index < -0.39 is 5.97 Å². The molecule has 0 unspecified atom stereocenters. The van der Waals surface area contributed by atoms with Crippen molar-refractivity contribution in [3.8, 4) is 0 Å². The molecule has 0 aromatic heterocycles. The van der Waals surface area contributed by atoms with E-state index in [0.717, 1.165) is 6.54 Å². The highest BCUT2D eigenvalue weighted by Crippen LogP contribution is 1.92. The highest BCUT2D eigenvalue weighted by atomic mass is 16.4. The zero-order chi connectivity index (χ0) is 7.56. The first kappa shape index (κ1) is 6.92. The molecule has 0 saturated heterocycles. The molecule has 0 aliphatic carbocycles. The van der Waals surface area contributed by atoms with Crippen molar-refractivity contribution < 1.29 is 14.5 Å². The number of carbonyl (C=O) groups is 1. The maximum absolute atomic E-state index is 10.3. The molecule has 4 heteroatoms. The van der Waals surface area contributed by atoms with E-state index in [1.807, 2.05) is 11.6 Å². The molecular weight excluding hydrogens is 132 g/mol. The zero-order valence-electron chi connectivity index (χ0n) is 5.74. The van der Waals surface area contributed by atoms with Gasteiger partial charge in [0.2, 0.25) is 5.71 Å². The van der Waals surface area contributed by atoms with Gasteiger partial charge in [-0.25, -0.2) is 4.79 Å². The second-order valence-electron chi connectivity index (χ2n) is 2.23. The SMILES string of the molecule is C[N+]1=CN=C(C(=O)O)CC1. The number of aliphatic carboxylic acids is 1. The summed E-state index contributed by atoms with van der Waals surface area (Å²) in [5.41, 5.74) is 0.248. The molecule has 0 spiro atoms. The van der Waals surface area contributed by atoms with Gasteiger partial charge in [0, 0.05) is 0 Å². The fourth-order valence-corrected chi connectivity index (χ4v) is 0.735. The Bertz CT molecular complexity index is 218. The number of carboxylic acids is 1. The van der Waals surface area contributed by atoms with Crippen LogP contribution < -0.4 is 0 Å². The van der Waals surface area contributed by atoms with Crippen molar-refractivity contribution in [3.05, 3.63) is 0 Å². The van der Waals surface area contributed by atoms with Gasteiger partial charge in [0.15, 0.2) is 0 Å². The van der Waals surface area contributed by atoms with Gasteiger partial charge in [-0.05, 0) is 4.99 Å². The van der Waals surface area contributed by atoms with Gasteiger partial charge in [0.25, 0.3) is 6.34 Å². The lowest BCUT2D eigenvalue weighted by atomic mass is 10.2. The summed E-state index contributed by atoms with van der Waals surface area (Å²) in [6.45, 7) is 0.741. The number of nitrogens with zero attached hydrogens (tertiary/aromatic N) is 2. The molecule has 10 heavy (non-hydrogen) atoms. The van der Waals surface area contributed by atoms with Gasteiger partial charge >= 0.3 is 5.97 Å². The molecule has 0 atom stereocenters. The number of carboxylic acid groups (broad SMARTS) is 1. The van der Waals surface area contributed by atoms with Crippen LogP contribution >= 0.6 is 0 Å². The third-order valence-corrected chi connectivity index (χ3v) is 1.36. The molecule has 1 aliphatic rings. The lowest BCUT2D eigenvalue weighted by Gasteiger charge is -2.00. The molecule has 0 aromatic rings. The summed E-state index contributed by atoms with van der Waals surface area (Å²) in [7, 11) is 1.86. The Morgan fingerprint density at radius 1 is 1.90 bits per heavy atom. The van der Waals surface area contributed by atoms with E-state index >= 15 is 0 Å².